The van der Waals surface area contributed by atoms with Crippen molar-refractivity contribution in [1.29, 1.82) is 0 Å². The van der Waals surface area contributed by atoms with Crippen molar-refractivity contribution >= 4 is 11.9 Å². The van der Waals surface area contributed by atoms with Crippen LogP contribution in [0.2, 0.25) is 0 Å². The van der Waals surface area contributed by atoms with E-state index in [-0.39, 0.29) is 0 Å². The molecule has 1 aliphatic heterocycles. The average molecular weight is 272 g/mol. The van der Waals surface area contributed by atoms with Gasteiger partial charge in [0, 0.05) is 24.7 Å². The van der Waals surface area contributed by atoms with Gasteiger partial charge in [0.1, 0.15) is 5.82 Å². The lowest BCUT2D eigenvalue weighted by molar-refractivity contribution is 0.112. The van der Waals surface area contributed by atoms with Crippen molar-refractivity contribution in [3.63, 3.8) is 0 Å². The summed E-state index contributed by atoms with van der Waals surface area (Å²) in [5.74, 6) is 0.946. The molecule has 5 nitrogen and oxygen atoms in total. The molecular formula is C15H20N4O. The first kappa shape index (κ1) is 13.2. The molecule has 20 heavy (non-hydrogen) atoms. The van der Waals surface area contributed by atoms with Crippen LogP contribution in [0.5, 0.6) is 0 Å². The van der Waals surface area contributed by atoms with E-state index in [1.165, 1.54) is 19.4 Å². The Kier molecular flexibility index (Phi) is 3.53. The molecule has 0 N–H and O–H groups in total. The summed E-state index contributed by atoms with van der Waals surface area (Å²) in [6.07, 6.45) is 6.12. The summed E-state index contributed by atoms with van der Waals surface area (Å²) in [6, 6.07) is 4.74. The smallest absolute Gasteiger partial charge is 0.171 e. The van der Waals surface area contributed by atoms with Crippen LogP contribution in [0.3, 0.4) is 0 Å². The zero-order chi connectivity index (χ0) is 14.1. The van der Waals surface area contributed by atoms with Gasteiger partial charge >= 0.3 is 0 Å². The number of nitrogens with zero attached hydrogens (tertiary/aromatic N) is 4. The van der Waals surface area contributed by atoms with Crippen molar-refractivity contribution in [2.75, 3.05) is 6.54 Å². The van der Waals surface area contributed by atoms with E-state index < -0.39 is 0 Å². The van der Waals surface area contributed by atoms with E-state index in [0.29, 0.717) is 23.3 Å². The van der Waals surface area contributed by atoms with Crippen LogP contribution in [0.15, 0.2) is 18.3 Å². The lowest BCUT2D eigenvalue weighted by Crippen LogP contribution is -2.37. The third-order valence-corrected chi connectivity index (χ3v) is 4.17. The Labute approximate surface area is 118 Å². The molecule has 0 aliphatic carbocycles. The Morgan fingerprint density at radius 3 is 3.05 bits per heavy atom. The Balaban J connectivity index is 1.90. The molecule has 3 rings (SSSR count). The van der Waals surface area contributed by atoms with E-state index in [2.05, 4.69) is 28.9 Å². The van der Waals surface area contributed by atoms with Crippen LogP contribution in [0, 0.1) is 0 Å². The maximum absolute atomic E-state index is 11.0. The molecule has 0 aromatic carbocycles. The average Bonchev–Trinajstić information content (AvgIpc) is 3.06. The predicted molar refractivity (Wildman–Crippen MR) is 76.9 cm³/mol. The third kappa shape index (κ3) is 2.22. The van der Waals surface area contributed by atoms with Gasteiger partial charge in [-0.15, -0.1) is 10.2 Å². The van der Waals surface area contributed by atoms with Gasteiger partial charge < -0.3 is 0 Å². The monoisotopic (exact) mass is 272 g/mol. The first-order valence-electron chi connectivity index (χ1n) is 7.24. The van der Waals surface area contributed by atoms with Crippen molar-refractivity contribution in [2.24, 2.45) is 0 Å². The molecule has 1 fully saturated rings. The fourth-order valence-electron chi connectivity index (χ4n) is 3.18. The molecule has 1 atom stereocenters. The summed E-state index contributed by atoms with van der Waals surface area (Å²) in [7, 11) is 0. The van der Waals surface area contributed by atoms with Gasteiger partial charge in [-0.1, -0.05) is 0 Å². The quantitative estimate of drug-likeness (QED) is 0.798. The first-order chi connectivity index (χ1) is 9.70. The summed E-state index contributed by atoms with van der Waals surface area (Å²) in [5.41, 5.74) is 1.25. The van der Waals surface area contributed by atoms with Gasteiger partial charge in [-0.3, -0.25) is 14.1 Å². The molecule has 1 saturated heterocycles. The number of carbonyl (C=O) groups is 1. The second kappa shape index (κ2) is 5.32. The van der Waals surface area contributed by atoms with E-state index in [1.54, 1.807) is 6.07 Å². The lowest BCUT2D eigenvalue weighted by Gasteiger charge is -2.27. The zero-order valence-electron chi connectivity index (χ0n) is 12.0. The van der Waals surface area contributed by atoms with Crippen LogP contribution < -0.4 is 0 Å². The molecule has 0 bridgehead atoms. The highest BCUT2D eigenvalue weighted by atomic mass is 16.1. The van der Waals surface area contributed by atoms with E-state index >= 15 is 0 Å². The topological polar surface area (TPSA) is 50.5 Å². The summed E-state index contributed by atoms with van der Waals surface area (Å²) in [4.78, 5) is 13.6. The highest BCUT2D eigenvalue weighted by Gasteiger charge is 2.28. The maximum atomic E-state index is 11.0. The minimum atomic E-state index is 0.530. The SMILES string of the molecule is CC(C)N1CCCC1Cc1nnc2c(C=O)cccn12. The number of pyridine rings is 1. The van der Waals surface area contributed by atoms with Crippen LogP contribution in [-0.4, -0.2) is 44.4 Å². The molecular weight excluding hydrogens is 252 g/mol. The number of fused-ring (bicyclic) bond motifs is 1. The van der Waals surface area contributed by atoms with Gasteiger partial charge in [-0.2, -0.15) is 0 Å². The standard InChI is InChI=1S/C15H20N4O/c1-11(2)18-7-4-6-13(18)9-14-16-17-15-12(10-20)5-3-8-19(14)15/h3,5,8,10-11,13H,4,6-7,9H2,1-2H3. The van der Waals surface area contributed by atoms with Crippen LogP contribution >= 0.6 is 0 Å². The van der Waals surface area contributed by atoms with Crippen LogP contribution in [-0.2, 0) is 6.42 Å². The summed E-state index contributed by atoms with van der Waals surface area (Å²) in [5, 5.41) is 8.45. The fourth-order valence-corrected chi connectivity index (χ4v) is 3.18. The van der Waals surface area contributed by atoms with Crippen molar-refractivity contribution in [3.8, 4) is 0 Å². The third-order valence-electron chi connectivity index (χ3n) is 4.17. The van der Waals surface area contributed by atoms with Crippen molar-refractivity contribution in [3.05, 3.63) is 29.7 Å². The van der Waals surface area contributed by atoms with Gasteiger partial charge in [0.05, 0.1) is 5.56 Å². The summed E-state index contributed by atoms with van der Waals surface area (Å²) in [6.45, 7) is 5.65. The van der Waals surface area contributed by atoms with Gasteiger partial charge in [0.15, 0.2) is 11.9 Å². The molecule has 106 valence electrons. The Bertz CT molecular complexity index is 619. The number of hydrogen-bond acceptors (Lipinski definition) is 4. The molecule has 5 heteroatoms. The fraction of sp³-hybridized carbons (Fsp3) is 0.533. The molecule has 2 aromatic rings. The van der Waals surface area contributed by atoms with E-state index in [9.17, 15) is 4.79 Å². The predicted octanol–water partition coefficient (Wildman–Crippen LogP) is 1.96. The Hall–Kier alpha value is -1.75. The first-order valence-corrected chi connectivity index (χ1v) is 7.24. The van der Waals surface area contributed by atoms with Crippen LogP contribution in [0.1, 0.15) is 42.9 Å². The molecule has 3 heterocycles. The second-order valence-corrected chi connectivity index (χ2v) is 5.72. The number of carbonyl (C=O) groups excluding carboxylic acids is 1. The van der Waals surface area contributed by atoms with Gasteiger partial charge in [-0.25, -0.2) is 0 Å². The molecule has 2 aromatic heterocycles. The molecule has 0 radical (unpaired) electrons. The molecule has 0 spiro atoms. The van der Waals surface area contributed by atoms with Crippen LogP contribution in [0.4, 0.5) is 0 Å². The minimum Gasteiger partial charge on any atom is -0.298 e. The van der Waals surface area contributed by atoms with Gasteiger partial charge in [0.25, 0.3) is 0 Å². The summed E-state index contributed by atoms with van der Waals surface area (Å²) < 4.78 is 1.94. The molecule has 0 amide bonds. The number of aldehydes is 1. The highest BCUT2D eigenvalue weighted by Crippen LogP contribution is 2.23. The highest BCUT2D eigenvalue weighted by molar-refractivity contribution is 5.83. The number of rotatable bonds is 4. The number of hydrogen-bond donors (Lipinski definition) is 0. The largest absolute Gasteiger partial charge is 0.298 e. The summed E-state index contributed by atoms with van der Waals surface area (Å²) >= 11 is 0. The molecule has 1 aliphatic rings. The van der Waals surface area contributed by atoms with Gasteiger partial charge in [-0.05, 0) is 45.4 Å². The van der Waals surface area contributed by atoms with E-state index in [1.807, 2.05) is 16.7 Å². The molecule has 0 saturated carbocycles. The number of aromatic nitrogens is 3. The van der Waals surface area contributed by atoms with Gasteiger partial charge in [0.2, 0.25) is 0 Å². The minimum absolute atomic E-state index is 0.530. The van der Waals surface area contributed by atoms with Crippen molar-refractivity contribution in [1.82, 2.24) is 19.5 Å². The normalized spacial score (nSPS) is 20.1. The van der Waals surface area contributed by atoms with Crippen molar-refractivity contribution in [2.45, 2.75) is 45.2 Å². The second-order valence-electron chi connectivity index (χ2n) is 5.72. The lowest BCUT2D eigenvalue weighted by atomic mass is 10.1. The van der Waals surface area contributed by atoms with E-state index in [0.717, 1.165) is 18.5 Å². The Morgan fingerprint density at radius 2 is 2.30 bits per heavy atom. The van der Waals surface area contributed by atoms with Crippen molar-refractivity contribution < 1.29 is 4.79 Å². The number of likely N-dealkylation sites (tertiary alicyclic amines) is 1. The molecule has 1 unspecified atom stereocenters. The maximum Gasteiger partial charge on any atom is 0.171 e. The Morgan fingerprint density at radius 1 is 1.45 bits per heavy atom. The van der Waals surface area contributed by atoms with E-state index in [4.69, 9.17) is 0 Å². The van der Waals surface area contributed by atoms with Crippen LogP contribution in [0.25, 0.3) is 5.65 Å². The zero-order valence-corrected chi connectivity index (χ0v) is 12.0.